The maximum absolute atomic E-state index is 14.0. The minimum absolute atomic E-state index is 0.122. The lowest BCUT2D eigenvalue weighted by molar-refractivity contribution is 0.104. The molecule has 1 aliphatic heterocycles. The van der Waals surface area contributed by atoms with Gasteiger partial charge in [-0.15, -0.1) is 11.8 Å². The highest BCUT2D eigenvalue weighted by atomic mass is 32.2. The van der Waals surface area contributed by atoms with E-state index in [1.54, 1.807) is 18.2 Å². The number of anilines is 2. The number of sulfone groups is 1. The number of halogens is 1. The smallest absolute Gasteiger partial charge is 0.214 e. The summed E-state index contributed by atoms with van der Waals surface area (Å²) in [6, 6.07) is 17.0. The van der Waals surface area contributed by atoms with Crippen molar-refractivity contribution < 1.29 is 22.3 Å². The van der Waals surface area contributed by atoms with Crippen molar-refractivity contribution >= 4 is 38.8 Å². The molecule has 0 unspecified atom stereocenters. The van der Waals surface area contributed by atoms with Gasteiger partial charge in [-0.2, -0.15) is 0 Å². The molecule has 0 bridgehead atoms. The van der Waals surface area contributed by atoms with Crippen LogP contribution in [0.1, 0.15) is 10.4 Å². The van der Waals surface area contributed by atoms with Crippen LogP contribution in [0.3, 0.4) is 0 Å². The van der Waals surface area contributed by atoms with Gasteiger partial charge < -0.3 is 9.64 Å². The van der Waals surface area contributed by atoms with E-state index < -0.39 is 21.4 Å². The summed E-state index contributed by atoms with van der Waals surface area (Å²) in [5.74, 6) is -0.671. The Bertz CT molecular complexity index is 1300. The van der Waals surface area contributed by atoms with E-state index in [-0.39, 0.29) is 21.1 Å². The molecule has 3 aromatic rings. The van der Waals surface area contributed by atoms with E-state index in [9.17, 15) is 17.6 Å². The molecule has 31 heavy (non-hydrogen) atoms. The Balaban J connectivity index is 1.90. The van der Waals surface area contributed by atoms with Crippen molar-refractivity contribution in [2.75, 3.05) is 18.3 Å². The molecule has 1 aliphatic rings. The molecular weight excluding hydrogens is 437 g/mol. The molecule has 8 heteroatoms. The zero-order valence-corrected chi connectivity index (χ0v) is 18.3. The van der Waals surface area contributed by atoms with E-state index in [0.717, 1.165) is 17.0 Å². The number of ketones is 1. The van der Waals surface area contributed by atoms with Crippen LogP contribution < -0.4 is 9.64 Å². The van der Waals surface area contributed by atoms with E-state index in [4.69, 9.17) is 4.74 Å². The second-order valence-corrected chi connectivity index (χ2v) is 9.50. The Morgan fingerprint density at radius 1 is 1.03 bits per heavy atom. The van der Waals surface area contributed by atoms with Crippen LogP contribution in [0.25, 0.3) is 0 Å². The molecule has 0 atom stereocenters. The zero-order chi connectivity index (χ0) is 22.2. The van der Waals surface area contributed by atoms with Gasteiger partial charge in [0.05, 0.1) is 17.7 Å². The second kappa shape index (κ2) is 8.20. The van der Waals surface area contributed by atoms with Crippen molar-refractivity contribution in [3.05, 3.63) is 89.2 Å². The van der Waals surface area contributed by atoms with Crippen LogP contribution in [-0.4, -0.2) is 27.6 Å². The van der Waals surface area contributed by atoms with Gasteiger partial charge in [0.2, 0.25) is 15.6 Å². The predicted octanol–water partition coefficient (Wildman–Crippen LogP) is 5.21. The van der Waals surface area contributed by atoms with E-state index in [0.29, 0.717) is 11.4 Å². The summed E-state index contributed by atoms with van der Waals surface area (Å²) in [6.07, 6.45) is 3.19. The number of rotatable bonds is 5. The average Bonchev–Trinajstić information content (AvgIpc) is 2.78. The van der Waals surface area contributed by atoms with Gasteiger partial charge in [-0.3, -0.25) is 4.79 Å². The third-order valence-electron chi connectivity index (χ3n) is 4.91. The minimum atomic E-state index is -4.15. The number of ether oxygens (including phenoxy) is 1. The molecule has 3 aromatic carbocycles. The van der Waals surface area contributed by atoms with Crippen LogP contribution in [0.2, 0.25) is 0 Å². The van der Waals surface area contributed by atoms with E-state index in [1.165, 1.54) is 48.2 Å². The summed E-state index contributed by atoms with van der Waals surface area (Å²) < 4.78 is 45.7. The molecule has 0 saturated carbocycles. The fourth-order valence-corrected chi connectivity index (χ4v) is 5.30. The normalized spacial score (nSPS) is 14.5. The first-order chi connectivity index (χ1) is 14.8. The molecule has 0 N–H and O–H groups in total. The quantitative estimate of drug-likeness (QED) is 0.299. The molecule has 0 radical (unpaired) electrons. The highest BCUT2D eigenvalue weighted by molar-refractivity contribution is 7.98. The molecule has 0 aliphatic carbocycles. The topological polar surface area (TPSA) is 63.7 Å². The van der Waals surface area contributed by atoms with Crippen LogP contribution in [0, 0.1) is 5.82 Å². The molecule has 0 aromatic heterocycles. The van der Waals surface area contributed by atoms with Crippen molar-refractivity contribution in [1.29, 1.82) is 0 Å². The van der Waals surface area contributed by atoms with Crippen molar-refractivity contribution in [2.45, 2.75) is 9.79 Å². The molecule has 0 fully saturated rings. The number of methoxy groups -OCH3 is 1. The number of hydrogen-bond donors (Lipinski definition) is 0. The van der Waals surface area contributed by atoms with E-state index in [1.807, 2.05) is 24.5 Å². The van der Waals surface area contributed by atoms with Crippen molar-refractivity contribution in [1.82, 2.24) is 0 Å². The third kappa shape index (κ3) is 3.84. The highest BCUT2D eigenvalue weighted by Crippen LogP contribution is 2.41. The lowest BCUT2D eigenvalue weighted by atomic mass is 10.1. The van der Waals surface area contributed by atoms with E-state index in [2.05, 4.69) is 0 Å². The molecule has 0 spiro atoms. The Hall–Kier alpha value is -3.10. The van der Waals surface area contributed by atoms with Gasteiger partial charge in [0.1, 0.15) is 16.5 Å². The number of fused-ring (bicyclic) bond motifs is 1. The Morgan fingerprint density at radius 2 is 1.77 bits per heavy atom. The standard InChI is InChI=1S/C23H18FNO4S2/c1-29-18-9-6-15(7-10-18)23(26)22-14-25(17-4-3-5-19(13-17)30-2)20-12-16(24)8-11-21(20)31(22,27)28/h3-14H,1-2H3. The number of carbonyl (C=O) groups is 1. The van der Waals surface area contributed by atoms with Gasteiger partial charge >= 0.3 is 0 Å². The number of hydrogen-bond acceptors (Lipinski definition) is 6. The van der Waals surface area contributed by atoms with Crippen LogP contribution >= 0.6 is 11.8 Å². The number of benzene rings is 3. The fourth-order valence-electron chi connectivity index (χ4n) is 3.32. The lowest BCUT2D eigenvalue weighted by Gasteiger charge is -2.29. The van der Waals surface area contributed by atoms with Crippen molar-refractivity contribution in [3.8, 4) is 5.75 Å². The van der Waals surface area contributed by atoms with Crippen molar-refractivity contribution in [3.63, 3.8) is 0 Å². The van der Waals surface area contributed by atoms with Gasteiger partial charge in [-0.05, 0) is 66.9 Å². The van der Waals surface area contributed by atoms with Gasteiger partial charge in [0, 0.05) is 22.3 Å². The Morgan fingerprint density at radius 3 is 2.45 bits per heavy atom. The summed E-state index contributed by atoms with van der Waals surface area (Å²) in [4.78, 5) is 15.2. The first-order valence-corrected chi connectivity index (χ1v) is 11.9. The highest BCUT2D eigenvalue weighted by Gasteiger charge is 2.36. The molecular formula is C23H18FNO4S2. The molecule has 1 heterocycles. The van der Waals surface area contributed by atoms with Gasteiger partial charge in [0.15, 0.2) is 0 Å². The first-order valence-electron chi connectivity index (χ1n) is 9.23. The number of thioether (sulfide) groups is 1. The van der Waals surface area contributed by atoms with Gasteiger partial charge in [-0.25, -0.2) is 12.8 Å². The largest absolute Gasteiger partial charge is 0.497 e. The zero-order valence-electron chi connectivity index (χ0n) is 16.7. The summed E-state index contributed by atoms with van der Waals surface area (Å²) in [6.45, 7) is 0. The van der Waals surface area contributed by atoms with Crippen molar-refractivity contribution in [2.24, 2.45) is 0 Å². The summed E-state index contributed by atoms with van der Waals surface area (Å²) in [7, 11) is -2.65. The maximum Gasteiger partial charge on any atom is 0.214 e. The number of carbonyl (C=O) groups excluding carboxylic acids is 1. The summed E-state index contributed by atoms with van der Waals surface area (Å²) in [5, 5.41) is 0. The molecule has 0 saturated heterocycles. The molecule has 4 rings (SSSR count). The Kier molecular flexibility index (Phi) is 5.60. The monoisotopic (exact) mass is 455 g/mol. The number of nitrogens with zero attached hydrogens (tertiary/aromatic N) is 1. The first kappa shape index (κ1) is 21.1. The number of allylic oxidation sites excluding steroid dienone is 1. The second-order valence-electron chi connectivity index (χ2n) is 6.74. The van der Waals surface area contributed by atoms with Gasteiger partial charge in [0.25, 0.3) is 0 Å². The predicted molar refractivity (Wildman–Crippen MR) is 119 cm³/mol. The van der Waals surface area contributed by atoms with Crippen LogP contribution in [0.5, 0.6) is 5.75 Å². The fraction of sp³-hybridized carbons (Fsp3) is 0.0870. The average molecular weight is 456 g/mol. The SMILES string of the molecule is COc1ccc(C(=O)C2=CN(c3cccc(SC)c3)c3cc(F)ccc3S2(=O)=O)cc1. The molecule has 0 amide bonds. The minimum Gasteiger partial charge on any atom is -0.497 e. The number of Topliss-reactive ketones (excluding diaryl/α,β-unsaturated/α-hetero) is 1. The summed E-state index contributed by atoms with van der Waals surface area (Å²) >= 11 is 1.52. The molecule has 5 nitrogen and oxygen atoms in total. The molecule has 158 valence electrons. The van der Waals surface area contributed by atoms with E-state index >= 15 is 0 Å². The summed E-state index contributed by atoms with van der Waals surface area (Å²) in [5.41, 5.74) is 0.983. The van der Waals surface area contributed by atoms with Crippen LogP contribution in [-0.2, 0) is 9.84 Å². The third-order valence-corrected chi connectivity index (χ3v) is 7.43. The van der Waals surface area contributed by atoms with Crippen LogP contribution in [0.15, 0.2) is 87.6 Å². The Labute approximate surface area is 184 Å². The maximum atomic E-state index is 14.0. The van der Waals surface area contributed by atoms with Gasteiger partial charge in [-0.1, -0.05) is 6.07 Å². The lowest BCUT2D eigenvalue weighted by Crippen LogP contribution is -2.26. The van der Waals surface area contributed by atoms with Crippen LogP contribution in [0.4, 0.5) is 15.8 Å².